The highest BCUT2D eigenvalue weighted by Gasteiger charge is 2.53. The Morgan fingerprint density at radius 2 is 2.00 bits per heavy atom. The first-order valence-electron chi connectivity index (χ1n) is 11.6. The molecule has 1 aromatic heterocycles. The number of hydrogen-bond acceptors (Lipinski definition) is 7. The zero-order valence-corrected chi connectivity index (χ0v) is 20.0. The maximum absolute atomic E-state index is 13.1. The first-order valence-corrected chi connectivity index (χ1v) is 11.6. The van der Waals surface area contributed by atoms with Crippen LogP contribution >= 0.6 is 0 Å². The normalized spacial score (nSPS) is 26.8. The number of benzene rings is 1. The average Bonchev–Trinajstić information content (AvgIpc) is 3.23. The fourth-order valence-electron chi connectivity index (χ4n) is 5.63. The summed E-state index contributed by atoms with van der Waals surface area (Å²) in [6.45, 7) is 2.40. The molecule has 2 fully saturated rings. The number of nitrogens with one attached hydrogen (secondary N) is 1. The zero-order valence-electron chi connectivity index (χ0n) is 20.0. The van der Waals surface area contributed by atoms with Crippen molar-refractivity contribution in [3.63, 3.8) is 0 Å². The molecule has 0 radical (unpaired) electrons. The largest absolute Gasteiger partial charge is 0.497 e. The van der Waals surface area contributed by atoms with Gasteiger partial charge in [-0.05, 0) is 48.4 Å². The summed E-state index contributed by atoms with van der Waals surface area (Å²) < 4.78 is 21.5. The van der Waals surface area contributed by atoms with E-state index in [1.165, 1.54) is 21.1 Å². The van der Waals surface area contributed by atoms with Crippen LogP contribution in [0.5, 0.6) is 5.75 Å². The van der Waals surface area contributed by atoms with Gasteiger partial charge in [0.25, 0.3) is 0 Å². The van der Waals surface area contributed by atoms with Gasteiger partial charge in [0, 0.05) is 50.6 Å². The van der Waals surface area contributed by atoms with Crippen LogP contribution in [0.25, 0.3) is 10.9 Å². The molecule has 184 valence electrons. The number of aromatic nitrogens is 1. The lowest BCUT2D eigenvalue weighted by Crippen LogP contribution is -2.58. The Bertz CT molecular complexity index is 1060. The van der Waals surface area contributed by atoms with E-state index in [0.29, 0.717) is 25.9 Å². The third kappa shape index (κ3) is 4.61. The van der Waals surface area contributed by atoms with Gasteiger partial charge in [-0.1, -0.05) is 0 Å². The summed E-state index contributed by atoms with van der Waals surface area (Å²) in [5.74, 6) is -0.949. The van der Waals surface area contributed by atoms with E-state index in [1.54, 1.807) is 7.11 Å². The molecule has 9 nitrogen and oxygen atoms in total. The summed E-state index contributed by atoms with van der Waals surface area (Å²) >= 11 is 0. The second kappa shape index (κ2) is 10.0. The molecule has 5 atom stereocenters. The van der Waals surface area contributed by atoms with Crippen LogP contribution in [0, 0.1) is 17.8 Å². The first-order chi connectivity index (χ1) is 16.4. The maximum atomic E-state index is 13.1. The van der Waals surface area contributed by atoms with Gasteiger partial charge in [-0.3, -0.25) is 14.4 Å². The molecule has 34 heavy (non-hydrogen) atoms. The van der Waals surface area contributed by atoms with Gasteiger partial charge in [-0.2, -0.15) is 0 Å². The van der Waals surface area contributed by atoms with Crippen molar-refractivity contribution < 1.29 is 33.3 Å². The molecule has 1 saturated carbocycles. The summed E-state index contributed by atoms with van der Waals surface area (Å²) in [4.78, 5) is 42.6. The number of H-pyrrole nitrogens is 1. The van der Waals surface area contributed by atoms with Crippen LogP contribution in [-0.2, 0) is 35.0 Å². The molecule has 1 N–H and O–H groups in total. The summed E-state index contributed by atoms with van der Waals surface area (Å²) in [5.41, 5.74) is 2.13. The van der Waals surface area contributed by atoms with E-state index in [9.17, 15) is 14.4 Å². The Morgan fingerprint density at radius 1 is 1.21 bits per heavy atom. The number of fused-ring (bicyclic) bond motifs is 2. The van der Waals surface area contributed by atoms with Crippen LogP contribution in [0.1, 0.15) is 25.3 Å². The third-order valence-electron chi connectivity index (χ3n) is 7.23. The quantitative estimate of drug-likeness (QED) is 0.616. The molecule has 0 unspecified atom stereocenters. The minimum atomic E-state index is -0.662. The monoisotopic (exact) mass is 472 g/mol. The number of esters is 2. The van der Waals surface area contributed by atoms with Crippen molar-refractivity contribution in [1.82, 2.24) is 9.88 Å². The Morgan fingerprint density at radius 3 is 2.68 bits per heavy atom. The number of ether oxygens (including phenoxy) is 4. The van der Waals surface area contributed by atoms with Gasteiger partial charge < -0.3 is 28.8 Å². The van der Waals surface area contributed by atoms with Crippen LogP contribution in [0.3, 0.4) is 0 Å². The number of rotatable bonds is 7. The highest BCUT2D eigenvalue weighted by molar-refractivity contribution is 5.85. The molecule has 1 amide bonds. The van der Waals surface area contributed by atoms with E-state index in [-0.39, 0.29) is 24.2 Å². The number of carbonyl (C=O) groups excluding carboxylic acids is 3. The molecule has 2 heterocycles. The molecule has 0 bridgehead atoms. The highest BCUT2D eigenvalue weighted by atomic mass is 16.6. The molecular formula is C25H32N2O7. The maximum Gasteiger partial charge on any atom is 0.311 e. The molecule has 4 rings (SSSR count). The van der Waals surface area contributed by atoms with Crippen LogP contribution in [0.2, 0.25) is 0 Å². The average molecular weight is 473 g/mol. The van der Waals surface area contributed by atoms with E-state index in [1.807, 2.05) is 29.3 Å². The standard InChI is InChI=1S/C25H32N2O7/c1-14(28)34-21-9-16-13-27(22(29)11-19(16)23(24(21)32-3)25(30)33-4)8-7-15-12-26-20-6-5-17(31-2)10-18(15)20/h5-6,10,12,16,19,21,23-24,26H,7-9,11,13H2,1-4H3/t16-,19+,21+,23+,24-/m0/s1. The number of amides is 1. The van der Waals surface area contributed by atoms with Crippen LogP contribution in [0.15, 0.2) is 24.4 Å². The molecule has 2 aliphatic rings. The van der Waals surface area contributed by atoms with Crippen LogP contribution in [0.4, 0.5) is 0 Å². The van der Waals surface area contributed by atoms with Gasteiger partial charge in [-0.25, -0.2) is 0 Å². The van der Waals surface area contributed by atoms with E-state index in [0.717, 1.165) is 22.2 Å². The summed E-state index contributed by atoms with van der Waals surface area (Å²) in [6, 6.07) is 5.88. The molecule has 2 aromatic rings. The lowest BCUT2D eigenvalue weighted by molar-refractivity contribution is -0.187. The zero-order chi connectivity index (χ0) is 24.4. The lowest BCUT2D eigenvalue weighted by atomic mass is 9.66. The fourth-order valence-corrected chi connectivity index (χ4v) is 5.63. The number of likely N-dealkylation sites (tertiary alicyclic amines) is 1. The minimum Gasteiger partial charge on any atom is -0.497 e. The summed E-state index contributed by atoms with van der Waals surface area (Å²) in [5, 5.41) is 1.07. The molecule has 1 aromatic carbocycles. The predicted molar refractivity (Wildman–Crippen MR) is 123 cm³/mol. The highest BCUT2D eigenvalue weighted by Crippen LogP contribution is 2.43. The van der Waals surface area contributed by atoms with Crippen molar-refractivity contribution in [2.24, 2.45) is 17.8 Å². The minimum absolute atomic E-state index is 0.000568. The molecule has 1 aliphatic heterocycles. The summed E-state index contributed by atoms with van der Waals surface area (Å²) in [6.07, 6.45) is 2.21. The van der Waals surface area contributed by atoms with Crippen molar-refractivity contribution in [3.05, 3.63) is 30.0 Å². The van der Waals surface area contributed by atoms with Crippen molar-refractivity contribution in [2.75, 3.05) is 34.4 Å². The van der Waals surface area contributed by atoms with Crippen molar-refractivity contribution in [1.29, 1.82) is 0 Å². The van der Waals surface area contributed by atoms with Crippen molar-refractivity contribution in [2.45, 2.75) is 38.4 Å². The van der Waals surface area contributed by atoms with E-state index < -0.39 is 30.1 Å². The Labute approximate surface area is 198 Å². The Hall–Kier alpha value is -3.07. The fraction of sp³-hybridized carbons (Fsp3) is 0.560. The van der Waals surface area contributed by atoms with Crippen molar-refractivity contribution in [3.8, 4) is 5.75 Å². The van der Waals surface area contributed by atoms with E-state index in [4.69, 9.17) is 18.9 Å². The number of piperidine rings is 1. The number of hydrogen-bond donors (Lipinski definition) is 1. The second-order valence-corrected chi connectivity index (χ2v) is 9.08. The molecule has 1 aliphatic carbocycles. The second-order valence-electron chi connectivity index (χ2n) is 9.08. The smallest absolute Gasteiger partial charge is 0.311 e. The third-order valence-corrected chi connectivity index (χ3v) is 7.23. The van der Waals surface area contributed by atoms with Gasteiger partial charge in [0.15, 0.2) is 0 Å². The van der Waals surface area contributed by atoms with Crippen LogP contribution < -0.4 is 4.74 Å². The molecular weight excluding hydrogens is 440 g/mol. The Balaban J connectivity index is 1.51. The molecule has 0 spiro atoms. The lowest BCUT2D eigenvalue weighted by Gasteiger charge is -2.48. The van der Waals surface area contributed by atoms with Gasteiger partial charge in [0.2, 0.25) is 5.91 Å². The number of carbonyl (C=O) groups is 3. The predicted octanol–water partition coefficient (Wildman–Crippen LogP) is 2.32. The van der Waals surface area contributed by atoms with E-state index >= 15 is 0 Å². The molecule has 1 saturated heterocycles. The topological polar surface area (TPSA) is 107 Å². The number of aromatic amines is 1. The van der Waals surface area contributed by atoms with Gasteiger partial charge in [0.1, 0.15) is 18.0 Å². The molecule has 9 heteroatoms. The van der Waals surface area contributed by atoms with Crippen molar-refractivity contribution >= 4 is 28.7 Å². The first kappa shape index (κ1) is 24.1. The van der Waals surface area contributed by atoms with Gasteiger partial charge >= 0.3 is 11.9 Å². The van der Waals surface area contributed by atoms with E-state index in [2.05, 4.69) is 4.98 Å². The number of nitrogens with zero attached hydrogens (tertiary/aromatic N) is 1. The SMILES string of the molecule is COC(=O)[C@@H]1[C@@H]2CC(=O)N(CCc3c[nH]c4ccc(OC)cc34)C[C@@H]2C[C@@H](OC(C)=O)[C@@H]1OC. The summed E-state index contributed by atoms with van der Waals surface area (Å²) in [7, 11) is 4.45. The van der Waals surface area contributed by atoms with Gasteiger partial charge in [0.05, 0.1) is 20.1 Å². The number of methoxy groups -OCH3 is 3. The van der Waals surface area contributed by atoms with Gasteiger partial charge in [-0.15, -0.1) is 0 Å². The Kier molecular flexibility index (Phi) is 7.11. The van der Waals surface area contributed by atoms with Crippen LogP contribution in [-0.4, -0.2) is 74.4 Å².